The highest BCUT2D eigenvalue weighted by molar-refractivity contribution is 6.29. The lowest BCUT2D eigenvalue weighted by Gasteiger charge is -2.12. The van der Waals surface area contributed by atoms with Gasteiger partial charge in [0.25, 0.3) is 0 Å². The fourth-order valence-electron chi connectivity index (χ4n) is 1.81. The third-order valence-corrected chi connectivity index (χ3v) is 3.24. The van der Waals surface area contributed by atoms with Gasteiger partial charge in [-0.05, 0) is 42.2 Å². The van der Waals surface area contributed by atoms with Crippen LogP contribution in [-0.4, -0.2) is 4.98 Å². The van der Waals surface area contributed by atoms with Crippen molar-refractivity contribution < 1.29 is 4.74 Å². The molecule has 1 aromatic carbocycles. The Bertz CT molecular complexity index is 566. The summed E-state index contributed by atoms with van der Waals surface area (Å²) in [6.07, 6.45) is 0. The van der Waals surface area contributed by atoms with Crippen molar-refractivity contribution in [1.29, 1.82) is 0 Å². The van der Waals surface area contributed by atoms with Crippen LogP contribution in [0.5, 0.6) is 5.75 Å². The van der Waals surface area contributed by atoms with Gasteiger partial charge in [-0.1, -0.05) is 43.6 Å². The Labute approximate surface area is 119 Å². The van der Waals surface area contributed by atoms with Gasteiger partial charge in [-0.25, -0.2) is 4.98 Å². The maximum absolute atomic E-state index is 5.86. The number of hydrogen-bond acceptors (Lipinski definition) is 2. The number of nitrogens with zero attached hydrogens (tertiary/aromatic N) is 1. The predicted octanol–water partition coefficient (Wildman–Crippen LogP) is 4.75. The molecular formula is C16H18ClNO. The Morgan fingerprint density at radius 1 is 1.21 bits per heavy atom. The number of hydrogen-bond donors (Lipinski definition) is 0. The molecular weight excluding hydrogens is 258 g/mol. The standard InChI is InChI=1S/C16H18ClNO/c1-11(2)13-8-7-12(3)15(9-13)19-10-14-5-4-6-16(17)18-14/h4-9,11H,10H2,1-3H3. The van der Waals surface area contributed by atoms with Crippen LogP contribution in [0.25, 0.3) is 0 Å². The van der Waals surface area contributed by atoms with Crippen LogP contribution in [0.15, 0.2) is 36.4 Å². The molecule has 0 saturated carbocycles. The van der Waals surface area contributed by atoms with Crippen molar-refractivity contribution in [3.63, 3.8) is 0 Å². The van der Waals surface area contributed by atoms with Crippen LogP contribution >= 0.6 is 11.6 Å². The first-order valence-corrected chi connectivity index (χ1v) is 6.79. The molecule has 19 heavy (non-hydrogen) atoms. The molecule has 2 nitrogen and oxygen atoms in total. The first-order valence-electron chi connectivity index (χ1n) is 6.41. The van der Waals surface area contributed by atoms with Crippen LogP contribution < -0.4 is 4.74 Å². The summed E-state index contributed by atoms with van der Waals surface area (Å²) >= 11 is 5.86. The SMILES string of the molecule is Cc1ccc(C(C)C)cc1OCc1cccc(Cl)n1. The summed E-state index contributed by atoms with van der Waals surface area (Å²) in [6, 6.07) is 11.9. The van der Waals surface area contributed by atoms with E-state index in [0.29, 0.717) is 17.7 Å². The number of halogens is 1. The normalized spacial score (nSPS) is 10.8. The fourth-order valence-corrected chi connectivity index (χ4v) is 1.99. The number of pyridine rings is 1. The highest BCUT2D eigenvalue weighted by Crippen LogP contribution is 2.25. The molecule has 0 aliphatic rings. The quantitative estimate of drug-likeness (QED) is 0.752. The van der Waals surface area contributed by atoms with E-state index in [4.69, 9.17) is 16.3 Å². The van der Waals surface area contributed by atoms with Crippen LogP contribution in [0.4, 0.5) is 0 Å². The van der Waals surface area contributed by atoms with Gasteiger partial charge in [0.2, 0.25) is 0 Å². The van der Waals surface area contributed by atoms with Gasteiger partial charge in [0.1, 0.15) is 17.5 Å². The van der Waals surface area contributed by atoms with Crippen molar-refractivity contribution in [3.05, 3.63) is 58.4 Å². The van der Waals surface area contributed by atoms with Crippen molar-refractivity contribution in [3.8, 4) is 5.75 Å². The van der Waals surface area contributed by atoms with Gasteiger partial charge in [0.05, 0.1) is 5.69 Å². The zero-order chi connectivity index (χ0) is 13.8. The molecule has 0 spiro atoms. The zero-order valence-corrected chi connectivity index (χ0v) is 12.2. The maximum atomic E-state index is 5.86. The Kier molecular flexibility index (Phi) is 4.43. The predicted molar refractivity (Wildman–Crippen MR) is 78.8 cm³/mol. The van der Waals surface area contributed by atoms with Gasteiger partial charge in [0, 0.05) is 0 Å². The molecule has 3 heteroatoms. The van der Waals surface area contributed by atoms with E-state index in [0.717, 1.165) is 17.0 Å². The van der Waals surface area contributed by atoms with E-state index in [1.807, 2.05) is 19.1 Å². The Hall–Kier alpha value is -1.54. The van der Waals surface area contributed by atoms with Crippen molar-refractivity contribution in [2.24, 2.45) is 0 Å². The first-order chi connectivity index (χ1) is 9.06. The summed E-state index contributed by atoms with van der Waals surface area (Å²) in [4.78, 5) is 4.22. The topological polar surface area (TPSA) is 22.1 Å². The summed E-state index contributed by atoms with van der Waals surface area (Å²) in [5.74, 6) is 1.40. The molecule has 2 aromatic rings. The van der Waals surface area contributed by atoms with Crippen molar-refractivity contribution in [1.82, 2.24) is 4.98 Å². The van der Waals surface area contributed by atoms with Gasteiger partial charge in [-0.2, -0.15) is 0 Å². The molecule has 0 atom stereocenters. The molecule has 100 valence electrons. The van der Waals surface area contributed by atoms with E-state index in [2.05, 4.69) is 37.0 Å². The van der Waals surface area contributed by atoms with Gasteiger partial charge in [-0.3, -0.25) is 0 Å². The second-order valence-electron chi connectivity index (χ2n) is 4.92. The van der Waals surface area contributed by atoms with E-state index < -0.39 is 0 Å². The van der Waals surface area contributed by atoms with Gasteiger partial charge in [0.15, 0.2) is 0 Å². The smallest absolute Gasteiger partial charge is 0.130 e. The van der Waals surface area contributed by atoms with Crippen molar-refractivity contribution in [2.45, 2.75) is 33.3 Å². The van der Waals surface area contributed by atoms with Gasteiger partial charge >= 0.3 is 0 Å². The second-order valence-corrected chi connectivity index (χ2v) is 5.31. The highest BCUT2D eigenvalue weighted by atomic mass is 35.5. The molecule has 0 N–H and O–H groups in total. The van der Waals surface area contributed by atoms with Gasteiger partial charge in [-0.15, -0.1) is 0 Å². The molecule has 0 fully saturated rings. The van der Waals surface area contributed by atoms with Crippen LogP contribution in [0.1, 0.15) is 36.6 Å². The number of aromatic nitrogens is 1. The minimum atomic E-state index is 0.433. The van der Waals surface area contributed by atoms with E-state index in [9.17, 15) is 0 Å². The van der Waals surface area contributed by atoms with Crippen molar-refractivity contribution >= 4 is 11.6 Å². The largest absolute Gasteiger partial charge is 0.487 e. The van der Waals surface area contributed by atoms with E-state index in [-0.39, 0.29) is 0 Å². The van der Waals surface area contributed by atoms with Crippen molar-refractivity contribution in [2.75, 3.05) is 0 Å². The summed E-state index contributed by atoms with van der Waals surface area (Å²) in [6.45, 7) is 6.83. The van der Waals surface area contributed by atoms with E-state index in [1.54, 1.807) is 6.07 Å². The maximum Gasteiger partial charge on any atom is 0.130 e. The summed E-state index contributed by atoms with van der Waals surface area (Å²) in [7, 11) is 0. The Balaban J connectivity index is 2.12. The third kappa shape index (κ3) is 3.71. The van der Waals surface area contributed by atoms with Crippen LogP contribution in [0, 0.1) is 6.92 Å². The number of aryl methyl sites for hydroxylation is 1. The molecule has 0 bridgehead atoms. The number of ether oxygens (including phenoxy) is 1. The lowest BCUT2D eigenvalue weighted by atomic mass is 10.0. The Morgan fingerprint density at radius 2 is 2.00 bits per heavy atom. The summed E-state index contributed by atoms with van der Waals surface area (Å²) in [5, 5.41) is 0.494. The summed E-state index contributed by atoms with van der Waals surface area (Å²) in [5.41, 5.74) is 3.24. The fraction of sp³-hybridized carbons (Fsp3) is 0.312. The average molecular weight is 276 g/mol. The lowest BCUT2D eigenvalue weighted by Crippen LogP contribution is -2.00. The monoisotopic (exact) mass is 275 g/mol. The Morgan fingerprint density at radius 3 is 2.68 bits per heavy atom. The minimum Gasteiger partial charge on any atom is -0.487 e. The van der Waals surface area contributed by atoms with E-state index in [1.165, 1.54) is 5.56 Å². The van der Waals surface area contributed by atoms with E-state index >= 15 is 0 Å². The highest BCUT2D eigenvalue weighted by Gasteiger charge is 2.05. The molecule has 0 aliphatic carbocycles. The van der Waals surface area contributed by atoms with Crippen LogP contribution in [0.3, 0.4) is 0 Å². The molecule has 0 aliphatic heterocycles. The third-order valence-electron chi connectivity index (χ3n) is 3.03. The molecule has 0 unspecified atom stereocenters. The molecule has 1 heterocycles. The van der Waals surface area contributed by atoms with Crippen LogP contribution in [-0.2, 0) is 6.61 Å². The van der Waals surface area contributed by atoms with Gasteiger partial charge < -0.3 is 4.74 Å². The number of benzene rings is 1. The average Bonchev–Trinajstić information content (AvgIpc) is 2.37. The molecule has 0 radical (unpaired) electrons. The minimum absolute atomic E-state index is 0.433. The summed E-state index contributed by atoms with van der Waals surface area (Å²) < 4.78 is 5.85. The number of rotatable bonds is 4. The molecule has 2 rings (SSSR count). The zero-order valence-electron chi connectivity index (χ0n) is 11.5. The van der Waals surface area contributed by atoms with Crippen LogP contribution in [0.2, 0.25) is 5.15 Å². The molecule has 0 saturated heterocycles. The molecule has 1 aromatic heterocycles. The second kappa shape index (κ2) is 6.07. The molecule has 0 amide bonds. The first kappa shape index (κ1) is 13.9. The lowest BCUT2D eigenvalue weighted by molar-refractivity contribution is 0.299.